The molecule has 8 heteroatoms. The van der Waals surface area contributed by atoms with Gasteiger partial charge in [-0.2, -0.15) is 0 Å². The van der Waals surface area contributed by atoms with Crippen molar-refractivity contribution < 1.29 is 19.0 Å². The summed E-state index contributed by atoms with van der Waals surface area (Å²) < 4.78 is 18.5. The Morgan fingerprint density at radius 1 is 1.20 bits per heavy atom. The van der Waals surface area contributed by atoms with Crippen molar-refractivity contribution in [2.75, 3.05) is 39.2 Å². The number of benzene rings is 2. The third kappa shape index (κ3) is 4.88. The Kier molecular flexibility index (Phi) is 6.76. The van der Waals surface area contributed by atoms with Gasteiger partial charge in [-0.15, -0.1) is 0 Å². The molecule has 2 aromatic carbocycles. The van der Waals surface area contributed by atoms with Gasteiger partial charge in [0.15, 0.2) is 16.7 Å². The van der Waals surface area contributed by atoms with E-state index in [1.165, 1.54) is 11.8 Å². The molecule has 1 amide bonds. The zero-order valence-corrected chi connectivity index (χ0v) is 17.7. The molecule has 0 atom stereocenters. The molecule has 0 saturated carbocycles. The number of nitrogens with one attached hydrogen (secondary N) is 1. The number of carbonyl (C=O) groups is 1. The summed E-state index contributed by atoms with van der Waals surface area (Å²) in [6.45, 7) is 3.01. The fourth-order valence-corrected chi connectivity index (χ4v) is 4.20. The lowest BCUT2D eigenvalue weighted by Gasteiger charge is -2.18. The van der Waals surface area contributed by atoms with Crippen LogP contribution in [-0.4, -0.2) is 54.7 Å². The number of fused-ring (bicyclic) bond motifs is 2. The standard InChI is InChI=1S/C22H25N3O4S/c1-27-11-10-25-18-5-3-2-4-17(18)24-22(25)30-15-21(26)23-9-8-16-6-7-19-20(14-16)29-13-12-28-19/h2-7,14H,8-13,15H2,1H3,(H,23,26). The lowest BCUT2D eigenvalue weighted by Crippen LogP contribution is -2.27. The second-order valence-corrected chi connectivity index (χ2v) is 7.84. The van der Waals surface area contributed by atoms with E-state index in [-0.39, 0.29) is 5.91 Å². The van der Waals surface area contributed by atoms with Gasteiger partial charge in [-0.1, -0.05) is 30.0 Å². The van der Waals surface area contributed by atoms with Crippen LogP contribution in [0.2, 0.25) is 0 Å². The minimum Gasteiger partial charge on any atom is -0.486 e. The fraction of sp³-hybridized carbons (Fsp3) is 0.364. The number of hydrogen-bond donors (Lipinski definition) is 1. The van der Waals surface area contributed by atoms with Crippen molar-refractivity contribution in [2.24, 2.45) is 0 Å². The maximum Gasteiger partial charge on any atom is 0.230 e. The van der Waals surface area contributed by atoms with Gasteiger partial charge in [0.2, 0.25) is 5.91 Å². The van der Waals surface area contributed by atoms with E-state index in [9.17, 15) is 4.79 Å². The third-order valence-corrected chi connectivity index (χ3v) is 5.79. The van der Waals surface area contributed by atoms with Crippen molar-refractivity contribution in [1.82, 2.24) is 14.9 Å². The van der Waals surface area contributed by atoms with Gasteiger partial charge >= 0.3 is 0 Å². The molecule has 0 radical (unpaired) electrons. The van der Waals surface area contributed by atoms with E-state index >= 15 is 0 Å². The minimum atomic E-state index is -0.0112. The van der Waals surface area contributed by atoms with Gasteiger partial charge < -0.3 is 24.1 Å². The van der Waals surface area contributed by atoms with Crippen LogP contribution < -0.4 is 14.8 Å². The average Bonchev–Trinajstić information content (AvgIpc) is 3.13. The molecule has 0 unspecified atom stereocenters. The molecule has 2 heterocycles. The molecule has 30 heavy (non-hydrogen) atoms. The molecule has 0 fully saturated rings. The Balaban J connectivity index is 1.30. The highest BCUT2D eigenvalue weighted by Gasteiger charge is 2.14. The first kappa shape index (κ1) is 20.6. The predicted molar refractivity (Wildman–Crippen MR) is 116 cm³/mol. The Morgan fingerprint density at radius 2 is 2.03 bits per heavy atom. The van der Waals surface area contributed by atoms with E-state index in [0.717, 1.165) is 39.7 Å². The van der Waals surface area contributed by atoms with E-state index in [1.54, 1.807) is 7.11 Å². The Hall–Kier alpha value is -2.71. The summed E-state index contributed by atoms with van der Waals surface area (Å²) >= 11 is 1.44. The molecule has 4 rings (SSSR count). The van der Waals surface area contributed by atoms with E-state index in [2.05, 4.69) is 14.9 Å². The predicted octanol–water partition coefficient (Wildman–Crippen LogP) is 2.90. The molecule has 0 saturated heterocycles. The van der Waals surface area contributed by atoms with Crippen LogP contribution in [0.15, 0.2) is 47.6 Å². The maximum absolute atomic E-state index is 12.3. The second-order valence-electron chi connectivity index (χ2n) is 6.89. The van der Waals surface area contributed by atoms with E-state index < -0.39 is 0 Å². The summed E-state index contributed by atoms with van der Waals surface area (Å²) in [7, 11) is 1.68. The number of amides is 1. The minimum absolute atomic E-state index is 0.0112. The Bertz CT molecular complexity index is 1020. The van der Waals surface area contributed by atoms with Gasteiger partial charge in [0, 0.05) is 20.2 Å². The number of rotatable bonds is 9. The highest BCUT2D eigenvalue weighted by molar-refractivity contribution is 7.99. The van der Waals surface area contributed by atoms with E-state index in [1.807, 2.05) is 42.5 Å². The number of methoxy groups -OCH3 is 1. The number of ether oxygens (including phenoxy) is 3. The molecule has 1 N–H and O–H groups in total. The van der Waals surface area contributed by atoms with Gasteiger partial charge in [0.05, 0.1) is 23.4 Å². The smallest absolute Gasteiger partial charge is 0.230 e. The number of thioether (sulfide) groups is 1. The molecule has 0 bridgehead atoms. The molecule has 0 aliphatic carbocycles. The van der Waals surface area contributed by atoms with Crippen LogP contribution in [0.1, 0.15) is 5.56 Å². The van der Waals surface area contributed by atoms with E-state index in [4.69, 9.17) is 14.2 Å². The first-order valence-electron chi connectivity index (χ1n) is 9.97. The molecular formula is C22H25N3O4S. The molecule has 0 spiro atoms. The van der Waals surface area contributed by atoms with Gasteiger partial charge in [-0.25, -0.2) is 4.98 Å². The largest absolute Gasteiger partial charge is 0.486 e. The SMILES string of the molecule is COCCn1c(SCC(=O)NCCc2ccc3c(c2)OCCO3)nc2ccccc21. The van der Waals surface area contributed by atoms with Gasteiger partial charge in [-0.05, 0) is 36.2 Å². The van der Waals surface area contributed by atoms with Crippen LogP contribution in [0.3, 0.4) is 0 Å². The fourth-order valence-electron chi connectivity index (χ4n) is 3.33. The molecule has 7 nitrogen and oxygen atoms in total. The van der Waals surface area contributed by atoms with Crippen LogP contribution >= 0.6 is 11.8 Å². The number of imidazole rings is 1. The van der Waals surface area contributed by atoms with Crippen LogP contribution in [-0.2, 0) is 22.5 Å². The monoisotopic (exact) mass is 427 g/mol. The molecule has 1 aliphatic heterocycles. The molecule has 1 aromatic heterocycles. The second kappa shape index (κ2) is 9.86. The van der Waals surface area contributed by atoms with Crippen molar-refractivity contribution in [3.8, 4) is 11.5 Å². The zero-order valence-electron chi connectivity index (χ0n) is 16.9. The number of nitrogens with zero attached hydrogens (tertiary/aromatic N) is 2. The first-order valence-corrected chi connectivity index (χ1v) is 11.0. The highest BCUT2D eigenvalue weighted by Crippen LogP contribution is 2.30. The summed E-state index contributed by atoms with van der Waals surface area (Å²) in [5.41, 5.74) is 3.08. The van der Waals surface area contributed by atoms with Crippen molar-refractivity contribution in [1.29, 1.82) is 0 Å². The molecule has 3 aromatic rings. The summed E-state index contributed by atoms with van der Waals surface area (Å²) in [5.74, 6) is 1.86. The number of aromatic nitrogens is 2. The lowest BCUT2D eigenvalue weighted by molar-refractivity contribution is -0.118. The highest BCUT2D eigenvalue weighted by atomic mass is 32.2. The number of para-hydroxylation sites is 2. The van der Waals surface area contributed by atoms with Crippen molar-refractivity contribution in [3.63, 3.8) is 0 Å². The third-order valence-electron chi connectivity index (χ3n) is 4.81. The zero-order chi connectivity index (χ0) is 20.8. The van der Waals surface area contributed by atoms with Crippen molar-refractivity contribution >= 4 is 28.7 Å². The summed E-state index contributed by atoms with van der Waals surface area (Å²) in [5, 5.41) is 3.81. The van der Waals surface area contributed by atoms with Crippen LogP contribution in [0.5, 0.6) is 11.5 Å². The topological polar surface area (TPSA) is 74.6 Å². The number of hydrogen-bond acceptors (Lipinski definition) is 6. The van der Waals surface area contributed by atoms with Gasteiger partial charge in [-0.3, -0.25) is 4.79 Å². The molecule has 1 aliphatic rings. The number of carbonyl (C=O) groups excluding carboxylic acids is 1. The summed E-state index contributed by atoms with van der Waals surface area (Å²) in [6.07, 6.45) is 0.736. The quantitative estimate of drug-likeness (QED) is 0.530. The Morgan fingerprint density at radius 3 is 2.90 bits per heavy atom. The first-order chi connectivity index (χ1) is 14.7. The van der Waals surface area contributed by atoms with E-state index in [0.29, 0.717) is 38.7 Å². The summed E-state index contributed by atoms with van der Waals surface area (Å²) in [6, 6.07) is 13.9. The molecular weight excluding hydrogens is 402 g/mol. The molecule has 158 valence electrons. The maximum atomic E-state index is 12.3. The normalized spacial score (nSPS) is 12.8. The van der Waals surface area contributed by atoms with Crippen LogP contribution in [0, 0.1) is 0 Å². The van der Waals surface area contributed by atoms with Gasteiger partial charge in [0.1, 0.15) is 13.2 Å². The van der Waals surface area contributed by atoms with Crippen molar-refractivity contribution in [2.45, 2.75) is 18.1 Å². The Labute approximate surface area is 179 Å². The van der Waals surface area contributed by atoms with Crippen LogP contribution in [0.4, 0.5) is 0 Å². The lowest BCUT2D eigenvalue weighted by atomic mass is 10.1. The summed E-state index contributed by atoms with van der Waals surface area (Å²) in [4.78, 5) is 17.0. The van der Waals surface area contributed by atoms with Crippen LogP contribution in [0.25, 0.3) is 11.0 Å². The van der Waals surface area contributed by atoms with Gasteiger partial charge in [0.25, 0.3) is 0 Å². The van der Waals surface area contributed by atoms with Crippen molar-refractivity contribution in [3.05, 3.63) is 48.0 Å². The average molecular weight is 428 g/mol.